The lowest BCUT2D eigenvalue weighted by atomic mass is 10.2. The van der Waals surface area contributed by atoms with E-state index in [0.717, 1.165) is 10.5 Å². The number of esters is 1. The average molecular weight is 254 g/mol. The maximum atomic E-state index is 12.1. The van der Waals surface area contributed by atoms with E-state index in [-0.39, 0.29) is 11.9 Å². The van der Waals surface area contributed by atoms with Crippen LogP contribution in [0.1, 0.15) is 19.4 Å². The van der Waals surface area contributed by atoms with E-state index in [9.17, 15) is 9.00 Å². The van der Waals surface area contributed by atoms with Gasteiger partial charge in [-0.25, -0.2) is 0 Å². The molecule has 0 aliphatic rings. The molecule has 0 amide bonds. The molecule has 0 aliphatic carbocycles. The molecule has 0 saturated heterocycles. The average Bonchev–Trinajstić information content (AvgIpc) is 2.29. The first kappa shape index (κ1) is 13.9. The fraction of sp³-hybridized carbons (Fsp3) is 0.462. The molecule has 1 rings (SSSR count). The first-order valence-corrected chi connectivity index (χ1v) is 6.98. The molecule has 1 aromatic carbocycles. The maximum Gasteiger partial charge on any atom is 0.309 e. The second-order valence-corrected chi connectivity index (χ2v) is 5.39. The number of carbonyl (C=O) groups excluding carboxylic acids is 1. The second kappa shape index (κ2) is 6.55. The van der Waals surface area contributed by atoms with Gasteiger partial charge in [-0.2, -0.15) is 0 Å². The highest BCUT2D eigenvalue weighted by Crippen LogP contribution is 2.15. The summed E-state index contributed by atoms with van der Waals surface area (Å²) >= 11 is 0. The molecule has 2 atom stereocenters. The van der Waals surface area contributed by atoms with Gasteiger partial charge in [0.15, 0.2) is 0 Å². The van der Waals surface area contributed by atoms with Gasteiger partial charge in [-0.15, -0.1) is 0 Å². The summed E-state index contributed by atoms with van der Waals surface area (Å²) in [7, 11) is -1.15. The van der Waals surface area contributed by atoms with Gasteiger partial charge in [-0.1, -0.05) is 25.1 Å². The summed E-state index contributed by atoms with van der Waals surface area (Å²) in [6.45, 7) is 5.79. The van der Waals surface area contributed by atoms with Crippen LogP contribution < -0.4 is 0 Å². The number of hydrogen-bond donors (Lipinski definition) is 0. The summed E-state index contributed by atoms with van der Waals surface area (Å²) in [6.07, 6.45) is 0. The molecule has 17 heavy (non-hydrogen) atoms. The van der Waals surface area contributed by atoms with Crippen molar-refractivity contribution in [3.8, 4) is 0 Å². The lowest BCUT2D eigenvalue weighted by Crippen LogP contribution is -2.21. The first-order valence-electron chi connectivity index (χ1n) is 5.67. The van der Waals surface area contributed by atoms with Gasteiger partial charge in [-0.3, -0.25) is 9.00 Å². The van der Waals surface area contributed by atoms with E-state index in [1.54, 1.807) is 13.8 Å². The Morgan fingerprint density at radius 2 is 2.06 bits per heavy atom. The zero-order chi connectivity index (χ0) is 12.8. The van der Waals surface area contributed by atoms with Crippen molar-refractivity contribution in [2.45, 2.75) is 25.7 Å². The topological polar surface area (TPSA) is 43.4 Å². The highest BCUT2D eigenvalue weighted by molar-refractivity contribution is 7.85. The van der Waals surface area contributed by atoms with E-state index < -0.39 is 10.8 Å². The molecule has 0 heterocycles. The molecule has 0 radical (unpaired) electrons. The minimum atomic E-state index is -1.15. The molecule has 0 saturated carbocycles. The molecule has 2 unspecified atom stereocenters. The van der Waals surface area contributed by atoms with Gasteiger partial charge in [0.05, 0.1) is 23.3 Å². The Balaban J connectivity index is 2.67. The van der Waals surface area contributed by atoms with Crippen molar-refractivity contribution in [1.29, 1.82) is 0 Å². The number of hydrogen-bond acceptors (Lipinski definition) is 3. The predicted molar refractivity (Wildman–Crippen MR) is 68.3 cm³/mol. The van der Waals surface area contributed by atoms with Crippen molar-refractivity contribution in [2.75, 3.05) is 12.4 Å². The molecule has 94 valence electrons. The minimum Gasteiger partial charge on any atom is -0.466 e. The normalized spacial score (nSPS) is 14.1. The minimum absolute atomic E-state index is 0.283. The lowest BCUT2D eigenvalue weighted by molar-refractivity contribution is -0.146. The summed E-state index contributed by atoms with van der Waals surface area (Å²) in [5.74, 6) is -0.311. The van der Waals surface area contributed by atoms with Crippen LogP contribution >= 0.6 is 0 Å². The highest BCUT2D eigenvalue weighted by atomic mass is 32.2. The van der Waals surface area contributed by atoms with E-state index in [2.05, 4.69) is 0 Å². The van der Waals surface area contributed by atoms with Crippen LogP contribution in [0.3, 0.4) is 0 Å². The fourth-order valence-corrected chi connectivity index (χ4v) is 2.91. The standard InChI is InChI=1S/C13H18O3S/c1-4-16-13(14)11(3)9-17(15)12-8-6-5-7-10(12)2/h5-8,11H,4,9H2,1-3H3. The van der Waals surface area contributed by atoms with Crippen molar-refractivity contribution >= 4 is 16.8 Å². The van der Waals surface area contributed by atoms with Gasteiger partial charge < -0.3 is 4.74 Å². The molecular formula is C13H18O3S. The predicted octanol–water partition coefficient (Wildman–Crippen LogP) is 2.30. The Labute approximate surface area is 105 Å². The molecule has 0 aromatic heterocycles. The maximum absolute atomic E-state index is 12.1. The van der Waals surface area contributed by atoms with Crippen LogP contribution in [0.15, 0.2) is 29.2 Å². The van der Waals surface area contributed by atoms with Crippen molar-refractivity contribution in [3.05, 3.63) is 29.8 Å². The highest BCUT2D eigenvalue weighted by Gasteiger charge is 2.18. The summed E-state index contributed by atoms with van der Waals surface area (Å²) in [5.41, 5.74) is 0.988. The number of aryl methyl sites for hydroxylation is 1. The Morgan fingerprint density at radius 1 is 1.41 bits per heavy atom. The van der Waals surface area contributed by atoms with E-state index in [4.69, 9.17) is 4.74 Å². The molecule has 0 aliphatic heterocycles. The smallest absolute Gasteiger partial charge is 0.309 e. The molecule has 0 bridgehead atoms. The lowest BCUT2D eigenvalue weighted by Gasteiger charge is -2.11. The molecule has 4 heteroatoms. The number of benzene rings is 1. The summed E-state index contributed by atoms with van der Waals surface area (Å²) in [4.78, 5) is 12.2. The van der Waals surface area contributed by atoms with Gasteiger partial charge in [-0.05, 0) is 25.5 Å². The molecule has 3 nitrogen and oxygen atoms in total. The van der Waals surface area contributed by atoms with Crippen molar-refractivity contribution in [2.24, 2.45) is 5.92 Å². The molecular weight excluding hydrogens is 236 g/mol. The van der Waals surface area contributed by atoms with Crippen LogP contribution in [0.5, 0.6) is 0 Å². The molecule has 0 fully saturated rings. The van der Waals surface area contributed by atoms with E-state index in [1.807, 2.05) is 31.2 Å². The fourth-order valence-electron chi connectivity index (χ4n) is 1.48. The van der Waals surface area contributed by atoms with Crippen LogP contribution in [-0.4, -0.2) is 22.5 Å². The molecule has 0 spiro atoms. The Morgan fingerprint density at radius 3 is 2.65 bits per heavy atom. The number of ether oxygens (including phenoxy) is 1. The third-order valence-electron chi connectivity index (χ3n) is 2.43. The van der Waals surface area contributed by atoms with Crippen molar-refractivity contribution in [3.63, 3.8) is 0 Å². The van der Waals surface area contributed by atoms with Gasteiger partial charge in [0.1, 0.15) is 0 Å². The number of carbonyl (C=O) groups is 1. The zero-order valence-electron chi connectivity index (χ0n) is 10.4. The van der Waals surface area contributed by atoms with Crippen LogP contribution in [0, 0.1) is 12.8 Å². The Kier molecular flexibility index (Phi) is 5.35. The largest absolute Gasteiger partial charge is 0.466 e. The van der Waals surface area contributed by atoms with Crippen LogP contribution in [0.25, 0.3) is 0 Å². The van der Waals surface area contributed by atoms with E-state index in [0.29, 0.717) is 12.4 Å². The van der Waals surface area contributed by atoms with Gasteiger partial charge in [0.2, 0.25) is 0 Å². The Hall–Kier alpha value is -1.16. The van der Waals surface area contributed by atoms with E-state index >= 15 is 0 Å². The van der Waals surface area contributed by atoms with Crippen LogP contribution in [-0.2, 0) is 20.3 Å². The monoisotopic (exact) mass is 254 g/mol. The SMILES string of the molecule is CCOC(=O)C(C)CS(=O)c1ccccc1C. The first-order chi connectivity index (χ1) is 8.06. The second-order valence-electron chi connectivity index (χ2n) is 3.93. The summed E-state index contributed by atoms with van der Waals surface area (Å²) in [5, 5.41) is 0. The van der Waals surface area contributed by atoms with Gasteiger partial charge in [0.25, 0.3) is 0 Å². The number of rotatable bonds is 5. The molecule has 0 N–H and O–H groups in total. The third-order valence-corrected chi connectivity index (χ3v) is 4.18. The Bertz CT molecular complexity index is 415. The quantitative estimate of drug-likeness (QED) is 0.757. The van der Waals surface area contributed by atoms with Crippen molar-refractivity contribution in [1.82, 2.24) is 0 Å². The summed E-state index contributed by atoms with van der Waals surface area (Å²) in [6, 6.07) is 7.52. The molecule has 1 aromatic rings. The third kappa shape index (κ3) is 3.97. The zero-order valence-corrected chi connectivity index (χ0v) is 11.3. The van der Waals surface area contributed by atoms with Crippen molar-refractivity contribution < 1.29 is 13.7 Å². The van der Waals surface area contributed by atoms with Gasteiger partial charge in [0, 0.05) is 10.6 Å². The van der Waals surface area contributed by atoms with E-state index in [1.165, 1.54) is 0 Å². The summed E-state index contributed by atoms with van der Waals surface area (Å²) < 4.78 is 17.0. The van der Waals surface area contributed by atoms with Gasteiger partial charge >= 0.3 is 5.97 Å². The van der Waals surface area contributed by atoms with Crippen LogP contribution in [0.4, 0.5) is 0 Å². The van der Waals surface area contributed by atoms with Crippen LogP contribution in [0.2, 0.25) is 0 Å².